The second-order valence-corrected chi connectivity index (χ2v) is 11.1. The maximum atomic E-state index is 4.90. The molecule has 35 heavy (non-hydrogen) atoms. The molecule has 0 spiro atoms. The van der Waals surface area contributed by atoms with E-state index in [1.807, 2.05) is 23.6 Å². The SMILES string of the molecule is CC1(C)c2ccccc2-c2ccc(-n3c4cccnc4c4c5sc6ccccc6c5ccc43)cc21. The molecule has 1 aliphatic carbocycles. The van der Waals surface area contributed by atoms with Gasteiger partial charge in [0.25, 0.3) is 0 Å². The molecule has 3 aromatic heterocycles. The van der Waals surface area contributed by atoms with Crippen molar-refractivity contribution in [2.45, 2.75) is 19.3 Å². The molecule has 0 amide bonds. The van der Waals surface area contributed by atoms with E-state index in [0.29, 0.717) is 0 Å². The molecule has 3 heterocycles. The minimum Gasteiger partial charge on any atom is -0.308 e. The Balaban J connectivity index is 1.47. The molecule has 0 aliphatic heterocycles. The molecule has 0 atom stereocenters. The van der Waals surface area contributed by atoms with Crippen LogP contribution in [0.15, 0.2) is 97.2 Å². The normalized spacial score (nSPS) is 14.2. The molecule has 8 rings (SSSR count). The van der Waals surface area contributed by atoms with E-state index in [4.69, 9.17) is 4.98 Å². The first-order chi connectivity index (χ1) is 17.1. The van der Waals surface area contributed by atoms with E-state index in [1.165, 1.54) is 59.0 Å². The molecule has 0 saturated carbocycles. The zero-order chi connectivity index (χ0) is 23.3. The Morgan fingerprint density at radius 1 is 0.714 bits per heavy atom. The van der Waals surface area contributed by atoms with Crippen LogP contribution >= 0.6 is 11.3 Å². The predicted molar refractivity (Wildman–Crippen MR) is 149 cm³/mol. The summed E-state index contributed by atoms with van der Waals surface area (Å²) in [5, 5.41) is 3.89. The van der Waals surface area contributed by atoms with Crippen molar-refractivity contribution in [3.05, 3.63) is 108 Å². The summed E-state index contributed by atoms with van der Waals surface area (Å²) in [6.07, 6.45) is 1.92. The van der Waals surface area contributed by atoms with E-state index in [-0.39, 0.29) is 5.41 Å². The van der Waals surface area contributed by atoms with E-state index in [0.717, 1.165) is 11.0 Å². The lowest BCUT2D eigenvalue weighted by atomic mass is 9.82. The number of pyridine rings is 1. The number of thiophene rings is 1. The van der Waals surface area contributed by atoms with Crippen LogP contribution in [0.3, 0.4) is 0 Å². The van der Waals surface area contributed by atoms with Gasteiger partial charge in [0.2, 0.25) is 0 Å². The van der Waals surface area contributed by atoms with Crippen molar-refractivity contribution < 1.29 is 0 Å². The van der Waals surface area contributed by atoms with Gasteiger partial charge in [-0.2, -0.15) is 0 Å². The Kier molecular flexibility index (Phi) is 3.64. The van der Waals surface area contributed by atoms with Crippen LogP contribution in [0.2, 0.25) is 0 Å². The van der Waals surface area contributed by atoms with E-state index in [9.17, 15) is 0 Å². The summed E-state index contributed by atoms with van der Waals surface area (Å²) in [6.45, 7) is 4.69. The highest BCUT2D eigenvalue weighted by Gasteiger charge is 2.35. The third kappa shape index (κ3) is 2.41. The van der Waals surface area contributed by atoms with Crippen molar-refractivity contribution in [1.82, 2.24) is 9.55 Å². The van der Waals surface area contributed by atoms with Crippen LogP contribution in [0.4, 0.5) is 0 Å². The lowest BCUT2D eigenvalue weighted by molar-refractivity contribution is 0.660. The predicted octanol–water partition coefficient (Wildman–Crippen LogP) is 8.85. The number of fused-ring (bicyclic) bond motifs is 10. The van der Waals surface area contributed by atoms with Crippen LogP contribution < -0.4 is 0 Å². The molecule has 0 unspecified atom stereocenters. The Hall–Kier alpha value is -3.95. The molecule has 0 N–H and O–H groups in total. The fraction of sp³-hybridized carbons (Fsp3) is 0.0938. The smallest absolute Gasteiger partial charge is 0.0977 e. The van der Waals surface area contributed by atoms with Crippen molar-refractivity contribution >= 4 is 53.4 Å². The molecule has 0 saturated heterocycles. The summed E-state index contributed by atoms with van der Waals surface area (Å²) < 4.78 is 5.05. The van der Waals surface area contributed by atoms with Gasteiger partial charge in [-0.1, -0.05) is 68.4 Å². The fourth-order valence-corrected chi connectivity index (χ4v) is 7.45. The van der Waals surface area contributed by atoms with Gasteiger partial charge in [0, 0.05) is 42.9 Å². The van der Waals surface area contributed by atoms with Crippen molar-refractivity contribution in [3.63, 3.8) is 0 Å². The van der Waals surface area contributed by atoms with E-state index >= 15 is 0 Å². The number of benzene rings is 4. The molecule has 166 valence electrons. The molecule has 0 radical (unpaired) electrons. The van der Waals surface area contributed by atoms with Crippen LogP contribution in [0.25, 0.3) is 58.9 Å². The summed E-state index contributed by atoms with van der Waals surface area (Å²) in [5.41, 5.74) is 10.1. The summed E-state index contributed by atoms with van der Waals surface area (Å²) >= 11 is 1.87. The zero-order valence-electron chi connectivity index (χ0n) is 19.5. The average molecular weight is 467 g/mol. The molecule has 7 aromatic rings. The molecular formula is C32H22N2S. The molecule has 4 aromatic carbocycles. The van der Waals surface area contributed by atoms with Crippen molar-refractivity contribution in [2.75, 3.05) is 0 Å². The van der Waals surface area contributed by atoms with Crippen molar-refractivity contribution in [3.8, 4) is 16.8 Å². The topological polar surface area (TPSA) is 17.8 Å². The van der Waals surface area contributed by atoms with Crippen LogP contribution in [0, 0.1) is 0 Å². The Morgan fingerprint density at radius 3 is 2.49 bits per heavy atom. The zero-order valence-corrected chi connectivity index (χ0v) is 20.4. The molecule has 3 heteroatoms. The van der Waals surface area contributed by atoms with Gasteiger partial charge in [-0.25, -0.2) is 0 Å². The molecule has 2 nitrogen and oxygen atoms in total. The van der Waals surface area contributed by atoms with E-state index < -0.39 is 0 Å². The maximum Gasteiger partial charge on any atom is 0.0977 e. The van der Waals surface area contributed by atoms with Gasteiger partial charge in [-0.15, -0.1) is 11.3 Å². The highest BCUT2D eigenvalue weighted by molar-refractivity contribution is 7.26. The highest BCUT2D eigenvalue weighted by atomic mass is 32.1. The van der Waals surface area contributed by atoms with Crippen molar-refractivity contribution in [1.29, 1.82) is 0 Å². The molecule has 1 aliphatic rings. The van der Waals surface area contributed by atoms with Gasteiger partial charge in [-0.3, -0.25) is 4.98 Å². The quantitative estimate of drug-likeness (QED) is 0.236. The third-order valence-corrected chi connectivity index (χ3v) is 9.06. The summed E-state index contributed by atoms with van der Waals surface area (Å²) in [7, 11) is 0. The largest absolute Gasteiger partial charge is 0.308 e. The minimum absolute atomic E-state index is 0.0301. The maximum absolute atomic E-state index is 4.90. The standard InChI is InChI=1S/C32H22N2S/c1-32(2)24-10-5-3-8-20(24)21-14-13-19(18-25(21)32)34-26-16-15-23-22-9-4-6-12-28(22)35-31(23)29(26)30-27(34)11-7-17-33-30/h3-18H,1-2H3. The van der Waals surface area contributed by atoms with Crippen LogP contribution in [0.1, 0.15) is 25.0 Å². The van der Waals surface area contributed by atoms with Gasteiger partial charge in [0.05, 0.1) is 16.6 Å². The molecule has 0 bridgehead atoms. The first kappa shape index (κ1) is 19.4. The Morgan fingerprint density at radius 2 is 1.54 bits per heavy atom. The van der Waals surface area contributed by atoms with E-state index in [2.05, 4.69) is 103 Å². The van der Waals surface area contributed by atoms with Gasteiger partial charge < -0.3 is 4.57 Å². The minimum atomic E-state index is -0.0301. The first-order valence-electron chi connectivity index (χ1n) is 12.1. The monoisotopic (exact) mass is 466 g/mol. The lowest BCUT2D eigenvalue weighted by Gasteiger charge is -2.22. The van der Waals surface area contributed by atoms with Gasteiger partial charge in [-0.05, 0) is 58.7 Å². The highest BCUT2D eigenvalue weighted by Crippen LogP contribution is 2.50. The molecule has 0 fully saturated rings. The lowest BCUT2D eigenvalue weighted by Crippen LogP contribution is -2.15. The average Bonchev–Trinajstić information content (AvgIpc) is 3.50. The summed E-state index contributed by atoms with van der Waals surface area (Å²) in [4.78, 5) is 4.90. The number of nitrogens with zero attached hydrogens (tertiary/aromatic N) is 2. The van der Waals surface area contributed by atoms with Gasteiger partial charge in [0.15, 0.2) is 0 Å². The number of hydrogen-bond donors (Lipinski definition) is 0. The number of aromatic nitrogens is 2. The second kappa shape index (κ2) is 6.59. The number of hydrogen-bond acceptors (Lipinski definition) is 2. The van der Waals surface area contributed by atoms with Crippen LogP contribution in [0.5, 0.6) is 0 Å². The second-order valence-electron chi connectivity index (χ2n) is 10.0. The van der Waals surface area contributed by atoms with E-state index in [1.54, 1.807) is 0 Å². The number of rotatable bonds is 1. The molecular weight excluding hydrogens is 444 g/mol. The van der Waals surface area contributed by atoms with Gasteiger partial charge in [0.1, 0.15) is 0 Å². The van der Waals surface area contributed by atoms with Crippen molar-refractivity contribution in [2.24, 2.45) is 0 Å². The Labute approximate surface area is 207 Å². The van der Waals surface area contributed by atoms with Crippen LogP contribution in [-0.2, 0) is 5.41 Å². The Bertz CT molecular complexity index is 1990. The summed E-state index contributed by atoms with van der Waals surface area (Å²) in [5.74, 6) is 0. The first-order valence-corrected chi connectivity index (χ1v) is 12.9. The summed E-state index contributed by atoms with van der Waals surface area (Å²) in [6, 6.07) is 33.3. The fourth-order valence-electron chi connectivity index (χ4n) is 6.20. The van der Waals surface area contributed by atoms with Crippen LogP contribution in [-0.4, -0.2) is 9.55 Å². The third-order valence-electron chi connectivity index (χ3n) is 7.86. The van der Waals surface area contributed by atoms with Gasteiger partial charge >= 0.3 is 0 Å².